The first-order valence-electron chi connectivity index (χ1n) is 7.10. The molecule has 1 heteroatoms. The molecule has 0 atom stereocenters. The summed E-state index contributed by atoms with van der Waals surface area (Å²) >= 11 is 3.77. The molecule has 1 aliphatic carbocycles. The lowest BCUT2D eigenvalue weighted by molar-refractivity contribution is 0.440. The normalized spacial score (nSPS) is 17.3. The summed E-state index contributed by atoms with van der Waals surface area (Å²) in [6, 6.07) is 6.76. The Kier molecular flexibility index (Phi) is 5.09. The van der Waals surface area contributed by atoms with E-state index in [9.17, 15) is 0 Å². The first kappa shape index (κ1) is 13.1. The van der Waals surface area contributed by atoms with E-state index in [0.717, 1.165) is 5.92 Å². The summed E-state index contributed by atoms with van der Waals surface area (Å²) in [5.41, 5.74) is 3.22. The molecule has 1 aromatic rings. The molecule has 1 aromatic carbocycles. The zero-order chi connectivity index (χ0) is 12.1. The van der Waals surface area contributed by atoms with E-state index < -0.39 is 0 Å². The molecule has 1 aliphatic rings. The van der Waals surface area contributed by atoms with Crippen LogP contribution < -0.4 is 0 Å². The van der Waals surface area contributed by atoms with E-state index in [1.165, 1.54) is 55.8 Å². The average Bonchev–Trinajstić information content (AvgIpc) is 2.37. The lowest BCUT2D eigenvalue weighted by Gasteiger charge is -2.25. The Labute approximate surface area is 114 Å². The van der Waals surface area contributed by atoms with Crippen LogP contribution in [0.2, 0.25) is 0 Å². The average molecular weight is 295 g/mol. The lowest BCUT2D eigenvalue weighted by Crippen LogP contribution is -2.08. The van der Waals surface area contributed by atoms with E-state index in [4.69, 9.17) is 0 Å². The Morgan fingerprint density at radius 1 is 1.18 bits per heavy atom. The Morgan fingerprint density at radius 3 is 2.65 bits per heavy atom. The summed E-state index contributed by atoms with van der Waals surface area (Å²) in [6.45, 7) is 2.28. The van der Waals surface area contributed by atoms with E-state index in [1.54, 1.807) is 11.1 Å². The molecular weight excluding hydrogens is 272 g/mol. The van der Waals surface area contributed by atoms with Gasteiger partial charge in [0, 0.05) is 4.47 Å². The maximum Gasteiger partial charge on any atom is 0.0212 e. The van der Waals surface area contributed by atoms with Crippen molar-refractivity contribution in [2.45, 2.75) is 64.2 Å². The molecule has 0 heterocycles. The molecule has 0 aliphatic heterocycles. The minimum Gasteiger partial charge on any atom is -0.0654 e. The minimum absolute atomic E-state index is 0.811. The predicted octanol–water partition coefficient (Wildman–Crippen LogP) is 5.84. The van der Waals surface area contributed by atoms with Crippen LogP contribution in [0.5, 0.6) is 0 Å². The molecular formula is C16H23Br. The molecule has 1 saturated carbocycles. The van der Waals surface area contributed by atoms with E-state index >= 15 is 0 Å². The number of rotatable bonds is 4. The fourth-order valence-corrected chi connectivity index (χ4v) is 3.75. The highest BCUT2D eigenvalue weighted by molar-refractivity contribution is 9.10. The van der Waals surface area contributed by atoms with Crippen LogP contribution in [0.25, 0.3) is 0 Å². The number of aryl methyl sites for hydroxylation is 1. The highest BCUT2D eigenvalue weighted by Gasteiger charge is 2.20. The molecule has 0 N–H and O–H groups in total. The second-order valence-electron chi connectivity index (χ2n) is 5.25. The lowest BCUT2D eigenvalue weighted by atomic mass is 9.81. The van der Waals surface area contributed by atoms with Gasteiger partial charge in [-0.15, -0.1) is 0 Å². The molecule has 0 aromatic heterocycles. The molecule has 1 fully saturated rings. The number of halogens is 1. The highest BCUT2D eigenvalue weighted by Crippen LogP contribution is 2.38. The van der Waals surface area contributed by atoms with E-state index in [2.05, 4.69) is 41.1 Å². The van der Waals surface area contributed by atoms with Gasteiger partial charge in [-0.1, -0.05) is 60.7 Å². The van der Waals surface area contributed by atoms with Gasteiger partial charge < -0.3 is 0 Å². The van der Waals surface area contributed by atoms with Gasteiger partial charge in [0.2, 0.25) is 0 Å². The molecule has 17 heavy (non-hydrogen) atoms. The number of benzene rings is 1. The quantitative estimate of drug-likeness (QED) is 0.654. The Bertz CT molecular complexity index is 351. The second kappa shape index (κ2) is 6.58. The summed E-state index contributed by atoms with van der Waals surface area (Å²) in [5, 5.41) is 0. The number of hydrogen-bond donors (Lipinski definition) is 0. The van der Waals surface area contributed by atoms with Crippen molar-refractivity contribution in [3.63, 3.8) is 0 Å². The Morgan fingerprint density at radius 2 is 1.94 bits per heavy atom. The van der Waals surface area contributed by atoms with Crippen LogP contribution in [0.1, 0.15) is 68.9 Å². The SMILES string of the molecule is CCCCc1cccc(Br)c1C1CCCCC1. The number of hydrogen-bond acceptors (Lipinski definition) is 0. The van der Waals surface area contributed by atoms with Crippen LogP contribution in [0.15, 0.2) is 22.7 Å². The summed E-state index contributed by atoms with van der Waals surface area (Å²) in [6.07, 6.45) is 10.9. The molecule has 94 valence electrons. The van der Waals surface area contributed by atoms with Gasteiger partial charge in [-0.2, -0.15) is 0 Å². The van der Waals surface area contributed by atoms with E-state index in [0.29, 0.717) is 0 Å². The Balaban J connectivity index is 2.22. The first-order valence-corrected chi connectivity index (χ1v) is 7.89. The van der Waals surface area contributed by atoms with Crippen LogP contribution in [-0.2, 0) is 6.42 Å². The molecule has 0 spiro atoms. The third kappa shape index (κ3) is 3.34. The van der Waals surface area contributed by atoms with Crippen molar-refractivity contribution < 1.29 is 0 Å². The van der Waals surface area contributed by atoms with Crippen molar-refractivity contribution in [2.24, 2.45) is 0 Å². The summed E-state index contributed by atoms with van der Waals surface area (Å²) in [4.78, 5) is 0. The smallest absolute Gasteiger partial charge is 0.0212 e. The zero-order valence-electron chi connectivity index (χ0n) is 10.8. The monoisotopic (exact) mass is 294 g/mol. The maximum absolute atomic E-state index is 3.77. The van der Waals surface area contributed by atoms with Crippen LogP contribution in [0, 0.1) is 0 Å². The summed E-state index contributed by atoms with van der Waals surface area (Å²) in [7, 11) is 0. The van der Waals surface area contributed by atoms with E-state index in [-0.39, 0.29) is 0 Å². The molecule has 0 amide bonds. The van der Waals surface area contributed by atoms with Crippen molar-refractivity contribution in [1.29, 1.82) is 0 Å². The largest absolute Gasteiger partial charge is 0.0654 e. The standard InChI is InChI=1S/C16H23Br/c1-2-3-8-13-11-7-12-15(17)16(13)14-9-5-4-6-10-14/h7,11-12,14H,2-6,8-10H2,1H3. The van der Waals surface area contributed by atoms with Gasteiger partial charge in [-0.05, 0) is 48.8 Å². The molecule has 0 bridgehead atoms. The van der Waals surface area contributed by atoms with Crippen LogP contribution in [0.3, 0.4) is 0 Å². The second-order valence-corrected chi connectivity index (χ2v) is 6.11. The van der Waals surface area contributed by atoms with Gasteiger partial charge in [0.15, 0.2) is 0 Å². The van der Waals surface area contributed by atoms with Crippen molar-refractivity contribution in [1.82, 2.24) is 0 Å². The van der Waals surface area contributed by atoms with Gasteiger partial charge in [0.25, 0.3) is 0 Å². The zero-order valence-corrected chi connectivity index (χ0v) is 12.4. The van der Waals surface area contributed by atoms with Gasteiger partial charge in [0.1, 0.15) is 0 Å². The molecule has 2 rings (SSSR count). The molecule has 0 saturated heterocycles. The van der Waals surface area contributed by atoms with Gasteiger partial charge >= 0.3 is 0 Å². The Hall–Kier alpha value is -0.300. The van der Waals surface area contributed by atoms with Gasteiger partial charge in [0.05, 0.1) is 0 Å². The fourth-order valence-electron chi connectivity index (χ4n) is 3.02. The van der Waals surface area contributed by atoms with Crippen molar-refractivity contribution in [2.75, 3.05) is 0 Å². The fraction of sp³-hybridized carbons (Fsp3) is 0.625. The minimum atomic E-state index is 0.811. The van der Waals surface area contributed by atoms with E-state index in [1.807, 2.05) is 0 Å². The molecule has 0 nitrogen and oxygen atoms in total. The van der Waals surface area contributed by atoms with Gasteiger partial charge in [-0.25, -0.2) is 0 Å². The van der Waals surface area contributed by atoms with Crippen LogP contribution in [-0.4, -0.2) is 0 Å². The summed E-state index contributed by atoms with van der Waals surface area (Å²) in [5.74, 6) is 0.811. The maximum atomic E-state index is 3.77. The molecule has 0 radical (unpaired) electrons. The summed E-state index contributed by atoms with van der Waals surface area (Å²) < 4.78 is 1.35. The van der Waals surface area contributed by atoms with Gasteiger partial charge in [-0.3, -0.25) is 0 Å². The van der Waals surface area contributed by atoms with Crippen molar-refractivity contribution in [3.8, 4) is 0 Å². The number of unbranched alkanes of at least 4 members (excludes halogenated alkanes) is 1. The highest BCUT2D eigenvalue weighted by atomic mass is 79.9. The van der Waals surface area contributed by atoms with Crippen molar-refractivity contribution >= 4 is 15.9 Å². The third-order valence-corrected chi connectivity index (χ3v) is 4.65. The topological polar surface area (TPSA) is 0 Å². The van der Waals surface area contributed by atoms with Crippen LogP contribution in [0.4, 0.5) is 0 Å². The first-order chi connectivity index (χ1) is 8.33. The van der Waals surface area contributed by atoms with Crippen LogP contribution >= 0.6 is 15.9 Å². The third-order valence-electron chi connectivity index (χ3n) is 3.96. The molecule has 0 unspecified atom stereocenters. The predicted molar refractivity (Wildman–Crippen MR) is 78.6 cm³/mol. The van der Waals surface area contributed by atoms with Crippen molar-refractivity contribution in [3.05, 3.63) is 33.8 Å².